The Morgan fingerprint density at radius 1 is 1.42 bits per heavy atom. The molecule has 1 saturated heterocycles. The number of nitrogens with one attached hydrogen (secondary N) is 1. The average Bonchev–Trinajstić information content (AvgIpc) is 2.27. The fourth-order valence-electron chi connectivity index (χ4n) is 2.30. The Hall–Kier alpha value is -1.59. The summed E-state index contributed by atoms with van der Waals surface area (Å²) in [6.07, 6.45) is 0. The van der Waals surface area contributed by atoms with Crippen molar-refractivity contribution in [1.29, 1.82) is 0 Å². The number of anilines is 1. The van der Waals surface area contributed by atoms with Crippen LogP contribution in [0.1, 0.15) is 11.1 Å². The average molecular weight is 264 g/mol. The molecule has 1 heterocycles. The van der Waals surface area contributed by atoms with Crippen LogP contribution in [0, 0.1) is 19.3 Å². The maximum absolute atomic E-state index is 12.2. The Labute approximate surface area is 113 Å². The van der Waals surface area contributed by atoms with Gasteiger partial charge in [0.25, 0.3) is 0 Å². The first-order valence-electron chi connectivity index (χ1n) is 6.27. The molecule has 0 radical (unpaired) electrons. The second kappa shape index (κ2) is 5.19. The molecule has 0 unspecified atom stereocenters. The highest BCUT2D eigenvalue weighted by Crippen LogP contribution is 2.30. The molecule has 1 fully saturated rings. The van der Waals surface area contributed by atoms with Crippen LogP contribution < -0.4 is 15.8 Å². The SMILES string of the molecule is COc1c(C)cc(NC(=O)C2(CN)COC2)cc1C. The predicted octanol–water partition coefficient (Wildman–Crippen LogP) is 1.23. The highest BCUT2D eigenvalue weighted by atomic mass is 16.5. The second-order valence-corrected chi connectivity index (χ2v) is 5.07. The molecule has 1 amide bonds. The normalized spacial score (nSPS) is 16.6. The Bertz CT molecular complexity index is 467. The Morgan fingerprint density at radius 3 is 2.37 bits per heavy atom. The van der Waals surface area contributed by atoms with Gasteiger partial charge in [-0.15, -0.1) is 0 Å². The number of carbonyl (C=O) groups is 1. The first-order chi connectivity index (χ1) is 9.02. The molecule has 1 aromatic rings. The highest BCUT2D eigenvalue weighted by Gasteiger charge is 2.44. The number of nitrogens with two attached hydrogens (primary N) is 1. The lowest BCUT2D eigenvalue weighted by Gasteiger charge is -2.38. The van der Waals surface area contributed by atoms with Gasteiger partial charge in [-0.25, -0.2) is 0 Å². The van der Waals surface area contributed by atoms with E-state index in [1.165, 1.54) is 0 Å². The third-order valence-electron chi connectivity index (χ3n) is 3.55. The lowest BCUT2D eigenvalue weighted by atomic mass is 9.85. The minimum Gasteiger partial charge on any atom is -0.496 e. The third kappa shape index (κ3) is 2.43. The van der Waals surface area contributed by atoms with Crippen LogP contribution in [0.2, 0.25) is 0 Å². The van der Waals surface area contributed by atoms with E-state index in [9.17, 15) is 4.79 Å². The van der Waals surface area contributed by atoms with Crippen LogP contribution in [-0.4, -0.2) is 32.8 Å². The van der Waals surface area contributed by atoms with Crippen molar-refractivity contribution in [3.8, 4) is 5.75 Å². The number of rotatable bonds is 4. The molecule has 1 aromatic carbocycles. The summed E-state index contributed by atoms with van der Waals surface area (Å²) in [4.78, 5) is 12.2. The van der Waals surface area contributed by atoms with Crippen LogP contribution in [-0.2, 0) is 9.53 Å². The van der Waals surface area contributed by atoms with E-state index in [0.29, 0.717) is 19.8 Å². The van der Waals surface area contributed by atoms with Crippen LogP contribution in [0.4, 0.5) is 5.69 Å². The summed E-state index contributed by atoms with van der Waals surface area (Å²) >= 11 is 0. The summed E-state index contributed by atoms with van der Waals surface area (Å²) in [5.74, 6) is 0.767. The van der Waals surface area contributed by atoms with Gasteiger partial charge >= 0.3 is 0 Å². The van der Waals surface area contributed by atoms with Crippen molar-refractivity contribution in [3.05, 3.63) is 23.3 Å². The van der Waals surface area contributed by atoms with Crippen molar-refractivity contribution in [2.45, 2.75) is 13.8 Å². The number of benzene rings is 1. The standard InChI is InChI=1S/C14H20N2O3/c1-9-4-11(5-10(2)12(9)18-3)16-13(17)14(6-15)7-19-8-14/h4-5H,6-8,15H2,1-3H3,(H,16,17). The molecule has 0 aliphatic carbocycles. The van der Waals surface area contributed by atoms with Gasteiger partial charge in [-0.3, -0.25) is 4.79 Å². The van der Waals surface area contributed by atoms with Crippen LogP contribution >= 0.6 is 0 Å². The molecule has 0 bridgehead atoms. The van der Waals surface area contributed by atoms with Gasteiger partial charge in [-0.05, 0) is 37.1 Å². The third-order valence-corrected chi connectivity index (χ3v) is 3.55. The van der Waals surface area contributed by atoms with E-state index in [1.54, 1.807) is 7.11 Å². The molecule has 0 saturated carbocycles. The number of hydrogen-bond acceptors (Lipinski definition) is 4. The monoisotopic (exact) mass is 264 g/mol. The van der Waals surface area contributed by atoms with Gasteiger partial charge in [0.1, 0.15) is 11.2 Å². The van der Waals surface area contributed by atoms with Crippen LogP contribution in [0.5, 0.6) is 5.75 Å². The summed E-state index contributed by atoms with van der Waals surface area (Å²) in [6.45, 7) is 4.99. The Morgan fingerprint density at radius 2 is 2.00 bits per heavy atom. The molecule has 2 rings (SSSR count). The fraction of sp³-hybridized carbons (Fsp3) is 0.500. The number of carbonyl (C=O) groups excluding carboxylic acids is 1. The highest BCUT2D eigenvalue weighted by molar-refractivity contribution is 5.96. The molecular weight excluding hydrogens is 244 g/mol. The zero-order valence-corrected chi connectivity index (χ0v) is 11.6. The zero-order chi connectivity index (χ0) is 14.0. The lowest BCUT2D eigenvalue weighted by molar-refractivity contribution is -0.153. The molecule has 19 heavy (non-hydrogen) atoms. The topological polar surface area (TPSA) is 73.6 Å². The minimum absolute atomic E-state index is 0.0785. The van der Waals surface area contributed by atoms with Crippen molar-refractivity contribution in [2.75, 3.05) is 32.2 Å². The summed E-state index contributed by atoms with van der Waals surface area (Å²) in [5.41, 5.74) is 7.85. The largest absolute Gasteiger partial charge is 0.496 e. The summed E-state index contributed by atoms with van der Waals surface area (Å²) < 4.78 is 10.4. The molecule has 1 aliphatic rings. The zero-order valence-electron chi connectivity index (χ0n) is 11.6. The van der Waals surface area contributed by atoms with E-state index in [2.05, 4.69) is 5.32 Å². The van der Waals surface area contributed by atoms with Crippen LogP contribution in [0.3, 0.4) is 0 Å². The van der Waals surface area contributed by atoms with Gasteiger partial charge in [0.2, 0.25) is 5.91 Å². The van der Waals surface area contributed by atoms with Gasteiger partial charge in [-0.2, -0.15) is 0 Å². The number of aryl methyl sites for hydroxylation is 2. The smallest absolute Gasteiger partial charge is 0.236 e. The van der Waals surface area contributed by atoms with Gasteiger partial charge in [0.05, 0.1) is 20.3 Å². The van der Waals surface area contributed by atoms with Gasteiger partial charge in [0.15, 0.2) is 0 Å². The van der Waals surface area contributed by atoms with E-state index >= 15 is 0 Å². The van der Waals surface area contributed by atoms with E-state index in [4.69, 9.17) is 15.2 Å². The molecule has 1 aliphatic heterocycles. The van der Waals surface area contributed by atoms with Gasteiger partial charge in [-0.1, -0.05) is 0 Å². The first-order valence-corrected chi connectivity index (χ1v) is 6.27. The van der Waals surface area contributed by atoms with Crippen LogP contribution in [0.15, 0.2) is 12.1 Å². The first kappa shape index (κ1) is 13.8. The van der Waals surface area contributed by atoms with Gasteiger partial charge < -0.3 is 20.5 Å². The maximum atomic E-state index is 12.2. The molecule has 104 valence electrons. The predicted molar refractivity (Wildman–Crippen MR) is 73.4 cm³/mol. The van der Waals surface area contributed by atoms with Crippen molar-refractivity contribution < 1.29 is 14.3 Å². The van der Waals surface area contributed by atoms with E-state index < -0.39 is 5.41 Å². The molecule has 0 atom stereocenters. The fourth-order valence-corrected chi connectivity index (χ4v) is 2.30. The number of amides is 1. The minimum atomic E-state index is -0.568. The molecule has 5 nitrogen and oxygen atoms in total. The van der Waals surface area contributed by atoms with Crippen molar-refractivity contribution in [2.24, 2.45) is 11.1 Å². The van der Waals surface area contributed by atoms with E-state index in [-0.39, 0.29) is 5.91 Å². The molecule has 0 spiro atoms. The lowest BCUT2D eigenvalue weighted by Crippen LogP contribution is -2.56. The molecule has 3 N–H and O–H groups in total. The summed E-state index contributed by atoms with van der Waals surface area (Å²) in [5, 5.41) is 2.91. The quantitative estimate of drug-likeness (QED) is 0.857. The van der Waals surface area contributed by atoms with Gasteiger partial charge in [0, 0.05) is 12.2 Å². The summed E-state index contributed by atoms with van der Waals surface area (Å²) in [6, 6.07) is 3.79. The molecular formula is C14H20N2O3. The second-order valence-electron chi connectivity index (χ2n) is 5.07. The van der Waals surface area contributed by atoms with Crippen molar-refractivity contribution in [3.63, 3.8) is 0 Å². The molecule has 5 heteroatoms. The Balaban J connectivity index is 2.18. The number of hydrogen-bond donors (Lipinski definition) is 2. The summed E-state index contributed by atoms with van der Waals surface area (Å²) in [7, 11) is 1.64. The van der Waals surface area contributed by atoms with Crippen molar-refractivity contribution in [1.82, 2.24) is 0 Å². The number of ether oxygens (including phenoxy) is 2. The molecule has 0 aromatic heterocycles. The number of methoxy groups -OCH3 is 1. The van der Waals surface area contributed by atoms with E-state index in [0.717, 1.165) is 22.6 Å². The van der Waals surface area contributed by atoms with Crippen molar-refractivity contribution >= 4 is 11.6 Å². The van der Waals surface area contributed by atoms with E-state index in [1.807, 2.05) is 26.0 Å². The van der Waals surface area contributed by atoms with Crippen LogP contribution in [0.25, 0.3) is 0 Å². The maximum Gasteiger partial charge on any atom is 0.236 e. The Kier molecular flexibility index (Phi) is 3.78.